The topological polar surface area (TPSA) is 49.8 Å². The van der Waals surface area contributed by atoms with Gasteiger partial charge in [0, 0.05) is 9.79 Å². The van der Waals surface area contributed by atoms with E-state index in [2.05, 4.69) is 0 Å². The lowest BCUT2D eigenvalue weighted by atomic mass is 10.2. The van der Waals surface area contributed by atoms with Crippen molar-refractivity contribution in [1.82, 2.24) is 0 Å². The smallest absolute Gasteiger partial charge is 0.137 e. The van der Waals surface area contributed by atoms with Crippen molar-refractivity contribution in [2.24, 2.45) is 0 Å². The first-order chi connectivity index (χ1) is 8.20. The van der Waals surface area contributed by atoms with Gasteiger partial charge in [-0.25, -0.2) is 4.39 Å². The predicted molar refractivity (Wildman–Crippen MR) is 66.1 cm³/mol. The number of nitrogen functional groups attached to an aromatic ring is 1. The summed E-state index contributed by atoms with van der Waals surface area (Å²) >= 11 is 1.28. The van der Waals surface area contributed by atoms with E-state index in [0.29, 0.717) is 16.1 Å². The van der Waals surface area contributed by atoms with Crippen LogP contribution in [0.4, 0.5) is 10.1 Å². The molecule has 4 heteroatoms. The molecule has 2 rings (SSSR count). The number of hydrogen-bond donors (Lipinski definition) is 1. The van der Waals surface area contributed by atoms with Crippen molar-refractivity contribution in [2.75, 3.05) is 5.73 Å². The highest BCUT2D eigenvalue weighted by molar-refractivity contribution is 7.99. The maximum atomic E-state index is 13.4. The number of nitrogens with zero attached hydrogens (tertiary/aromatic N) is 1. The van der Waals surface area contributed by atoms with E-state index in [1.165, 1.54) is 17.8 Å². The van der Waals surface area contributed by atoms with Crippen molar-refractivity contribution in [3.05, 3.63) is 53.8 Å². The van der Waals surface area contributed by atoms with Gasteiger partial charge in [-0.1, -0.05) is 23.9 Å². The van der Waals surface area contributed by atoms with Gasteiger partial charge in [0.05, 0.1) is 11.3 Å². The Hall–Kier alpha value is -1.99. The van der Waals surface area contributed by atoms with Crippen LogP contribution in [0.5, 0.6) is 0 Å². The van der Waals surface area contributed by atoms with Crippen LogP contribution in [0, 0.1) is 17.1 Å². The molecule has 2 N–H and O–H groups in total. The number of benzene rings is 2. The monoisotopic (exact) mass is 244 g/mol. The molecular weight excluding hydrogens is 235 g/mol. The van der Waals surface area contributed by atoms with Gasteiger partial charge in [0.2, 0.25) is 0 Å². The average Bonchev–Trinajstić information content (AvgIpc) is 2.32. The van der Waals surface area contributed by atoms with E-state index in [1.807, 2.05) is 6.07 Å². The second kappa shape index (κ2) is 4.89. The van der Waals surface area contributed by atoms with Crippen LogP contribution < -0.4 is 5.73 Å². The van der Waals surface area contributed by atoms with Gasteiger partial charge < -0.3 is 5.73 Å². The molecular formula is C13H9FN2S. The number of halogens is 1. The maximum absolute atomic E-state index is 13.4. The number of rotatable bonds is 2. The van der Waals surface area contributed by atoms with Crippen LogP contribution in [0.1, 0.15) is 5.56 Å². The Kier molecular flexibility index (Phi) is 3.31. The fourth-order valence-corrected chi connectivity index (χ4v) is 2.25. The number of nitriles is 1. The van der Waals surface area contributed by atoms with Gasteiger partial charge in [0.15, 0.2) is 0 Å². The maximum Gasteiger partial charge on any atom is 0.137 e. The molecule has 0 spiro atoms. The predicted octanol–water partition coefficient (Wildman–Crippen LogP) is 3.43. The molecule has 2 nitrogen and oxygen atoms in total. The molecule has 0 aliphatic rings. The molecule has 0 aromatic heterocycles. The number of hydrogen-bond acceptors (Lipinski definition) is 3. The Morgan fingerprint density at radius 3 is 2.59 bits per heavy atom. The SMILES string of the molecule is N#Cc1ccc(Sc2ccccc2F)cc1N. The van der Waals surface area contributed by atoms with Gasteiger partial charge in [-0.3, -0.25) is 0 Å². The molecule has 17 heavy (non-hydrogen) atoms. The van der Waals surface area contributed by atoms with Gasteiger partial charge >= 0.3 is 0 Å². The van der Waals surface area contributed by atoms with Crippen LogP contribution >= 0.6 is 11.8 Å². The van der Waals surface area contributed by atoms with Crippen molar-refractivity contribution in [3.63, 3.8) is 0 Å². The standard InChI is InChI=1S/C13H9FN2S/c14-11-3-1-2-4-13(11)17-10-6-5-9(8-15)12(16)7-10/h1-7H,16H2. The Labute approximate surface area is 103 Å². The van der Waals surface area contributed by atoms with Crippen molar-refractivity contribution in [2.45, 2.75) is 9.79 Å². The van der Waals surface area contributed by atoms with Gasteiger partial charge in [-0.2, -0.15) is 5.26 Å². The van der Waals surface area contributed by atoms with Crippen LogP contribution in [0.2, 0.25) is 0 Å². The third kappa shape index (κ3) is 2.58. The molecule has 2 aromatic carbocycles. The first kappa shape index (κ1) is 11.5. The summed E-state index contributed by atoms with van der Waals surface area (Å²) in [5, 5.41) is 8.75. The second-order valence-electron chi connectivity index (χ2n) is 3.39. The molecule has 0 aliphatic carbocycles. The molecule has 0 fully saturated rings. The van der Waals surface area contributed by atoms with Crippen molar-refractivity contribution in [1.29, 1.82) is 5.26 Å². The highest BCUT2D eigenvalue weighted by Crippen LogP contribution is 2.31. The van der Waals surface area contributed by atoms with Crippen LogP contribution in [0.25, 0.3) is 0 Å². The molecule has 0 heterocycles. The van der Waals surface area contributed by atoms with Gasteiger partial charge in [-0.05, 0) is 30.3 Å². The minimum Gasteiger partial charge on any atom is -0.398 e. The molecule has 0 aliphatic heterocycles. The minimum absolute atomic E-state index is 0.263. The van der Waals surface area contributed by atoms with E-state index >= 15 is 0 Å². The highest BCUT2D eigenvalue weighted by atomic mass is 32.2. The lowest BCUT2D eigenvalue weighted by molar-refractivity contribution is 0.602. The first-order valence-corrected chi connectivity index (χ1v) is 5.74. The first-order valence-electron chi connectivity index (χ1n) is 4.92. The summed E-state index contributed by atoms with van der Waals surface area (Å²) in [7, 11) is 0. The van der Waals surface area contributed by atoms with Gasteiger partial charge in [0.25, 0.3) is 0 Å². The molecule has 0 radical (unpaired) electrons. The minimum atomic E-state index is -0.263. The Morgan fingerprint density at radius 2 is 1.94 bits per heavy atom. The lowest BCUT2D eigenvalue weighted by Crippen LogP contribution is -1.90. The molecule has 2 aromatic rings. The zero-order chi connectivity index (χ0) is 12.3. The van der Waals surface area contributed by atoms with Crippen LogP contribution in [0.3, 0.4) is 0 Å². The Balaban J connectivity index is 2.29. The van der Waals surface area contributed by atoms with E-state index in [0.717, 1.165) is 4.90 Å². The van der Waals surface area contributed by atoms with Gasteiger partial charge in [-0.15, -0.1) is 0 Å². The molecule has 0 saturated carbocycles. The van der Waals surface area contributed by atoms with E-state index in [-0.39, 0.29) is 5.82 Å². The second-order valence-corrected chi connectivity index (χ2v) is 4.51. The van der Waals surface area contributed by atoms with E-state index in [9.17, 15) is 4.39 Å². The summed E-state index contributed by atoms with van der Waals surface area (Å²) in [4.78, 5) is 1.35. The molecule has 0 bridgehead atoms. The van der Waals surface area contributed by atoms with Crippen molar-refractivity contribution < 1.29 is 4.39 Å². The highest BCUT2D eigenvalue weighted by Gasteiger charge is 2.05. The molecule has 84 valence electrons. The van der Waals surface area contributed by atoms with Crippen LogP contribution in [-0.2, 0) is 0 Å². The van der Waals surface area contributed by atoms with Crippen LogP contribution in [0.15, 0.2) is 52.3 Å². The number of nitrogens with two attached hydrogens (primary N) is 1. The van der Waals surface area contributed by atoms with Crippen molar-refractivity contribution >= 4 is 17.4 Å². The van der Waals surface area contributed by atoms with E-state index in [1.54, 1.807) is 36.4 Å². The van der Waals surface area contributed by atoms with Gasteiger partial charge in [0.1, 0.15) is 11.9 Å². The summed E-state index contributed by atoms with van der Waals surface area (Å²) in [5.74, 6) is -0.263. The molecule has 0 amide bonds. The summed E-state index contributed by atoms with van der Waals surface area (Å²) < 4.78 is 13.4. The summed E-state index contributed by atoms with van der Waals surface area (Å²) in [6.07, 6.45) is 0. The summed E-state index contributed by atoms with van der Waals surface area (Å²) in [6, 6.07) is 13.6. The zero-order valence-corrected chi connectivity index (χ0v) is 9.67. The lowest BCUT2D eigenvalue weighted by Gasteiger charge is -2.04. The summed E-state index contributed by atoms with van der Waals surface area (Å²) in [6.45, 7) is 0. The molecule has 0 saturated heterocycles. The fraction of sp³-hybridized carbons (Fsp3) is 0. The third-order valence-corrected chi connectivity index (χ3v) is 3.25. The largest absolute Gasteiger partial charge is 0.398 e. The van der Waals surface area contributed by atoms with Crippen molar-refractivity contribution in [3.8, 4) is 6.07 Å². The normalized spacial score (nSPS) is 9.88. The number of anilines is 1. The van der Waals surface area contributed by atoms with Crippen LogP contribution in [-0.4, -0.2) is 0 Å². The Bertz CT molecular complexity index is 590. The Morgan fingerprint density at radius 1 is 1.18 bits per heavy atom. The van der Waals surface area contributed by atoms with E-state index in [4.69, 9.17) is 11.0 Å². The third-order valence-electron chi connectivity index (χ3n) is 2.21. The molecule has 0 unspecified atom stereocenters. The quantitative estimate of drug-likeness (QED) is 0.823. The summed E-state index contributed by atoms with van der Waals surface area (Å²) in [5.41, 5.74) is 6.54. The molecule has 0 atom stereocenters. The average molecular weight is 244 g/mol. The fourth-order valence-electron chi connectivity index (χ4n) is 1.36. The zero-order valence-electron chi connectivity index (χ0n) is 8.85. The van der Waals surface area contributed by atoms with E-state index < -0.39 is 0 Å².